The fourth-order valence-corrected chi connectivity index (χ4v) is 1.80. The zero-order chi connectivity index (χ0) is 13.7. The molecule has 1 aromatic carbocycles. The number of Topliss-reactive ketones (excluding diaryl/α,β-unsaturated/α-hetero) is 1. The third-order valence-electron chi connectivity index (χ3n) is 2.78. The number of benzene rings is 1. The van der Waals surface area contributed by atoms with Crippen molar-refractivity contribution in [2.24, 2.45) is 0 Å². The van der Waals surface area contributed by atoms with E-state index in [2.05, 4.69) is 4.98 Å². The van der Waals surface area contributed by atoms with Crippen LogP contribution in [-0.4, -0.2) is 23.0 Å². The predicted octanol–water partition coefficient (Wildman–Crippen LogP) is 2.15. The van der Waals surface area contributed by atoms with E-state index in [1.54, 1.807) is 18.3 Å². The first-order chi connectivity index (χ1) is 9.19. The quantitative estimate of drug-likeness (QED) is 0.891. The van der Waals surface area contributed by atoms with E-state index in [0.29, 0.717) is 11.3 Å². The lowest BCUT2D eigenvalue weighted by Crippen LogP contribution is -2.07. The van der Waals surface area contributed by atoms with Crippen LogP contribution in [0.3, 0.4) is 0 Å². The van der Waals surface area contributed by atoms with E-state index in [4.69, 9.17) is 4.74 Å². The number of pyridine rings is 1. The Hall–Kier alpha value is -2.36. The summed E-state index contributed by atoms with van der Waals surface area (Å²) in [6, 6.07) is 10.4. The molecule has 1 heterocycles. The van der Waals surface area contributed by atoms with E-state index in [-0.39, 0.29) is 24.4 Å². The number of methoxy groups -OCH3 is 1. The number of aromatic nitrogens is 1. The summed E-state index contributed by atoms with van der Waals surface area (Å²) in [6.07, 6.45) is 2.12. The van der Waals surface area contributed by atoms with Crippen LogP contribution in [0.5, 0.6) is 11.5 Å². The Kier molecular flexibility index (Phi) is 4.13. The van der Waals surface area contributed by atoms with Gasteiger partial charge in [-0.1, -0.05) is 12.1 Å². The first kappa shape index (κ1) is 13.1. The SMILES string of the molecule is COc1ccc(CC(=O)Cc2ccccn2)c(O)c1. The molecule has 2 aromatic rings. The summed E-state index contributed by atoms with van der Waals surface area (Å²) in [5.74, 6) is 0.659. The van der Waals surface area contributed by atoms with E-state index in [0.717, 1.165) is 5.69 Å². The van der Waals surface area contributed by atoms with Crippen LogP contribution in [0, 0.1) is 0 Å². The normalized spacial score (nSPS) is 10.2. The van der Waals surface area contributed by atoms with Crippen LogP contribution in [0.2, 0.25) is 0 Å². The van der Waals surface area contributed by atoms with Gasteiger partial charge in [0.2, 0.25) is 0 Å². The topological polar surface area (TPSA) is 59.4 Å². The Bertz CT molecular complexity index is 567. The van der Waals surface area contributed by atoms with Gasteiger partial charge in [-0.15, -0.1) is 0 Å². The first-order valence-corrected chi connectivity index (χ1v) is 5.96. The van der Waals surface area contributed by atoms with E-state index in [1.165, 1.54) is 13.2 Å². The highest BCUT2D eigenvalue weighted by molar-refractivity contribution is 5.83. The van der Waals surface area contributed by atoms with Crippen molar-refractivity contribution in [3.05, 3.63) is 53.9 Å². The Labute approximate surface area is 111 Å². The van der Waals surface area contributed by atoms with Crippen LogP contribution in [0.15, 0.2) is 42.6 Å². The lowest BCUT2D eigenvalue weighted by atomic mass is 10.0. The third kappa shape index (κ3) is 3.55. The summed E-state index contributed by atoms with van der Waals surface area (Å²) in [7, 11) is 1.53. The molecule has 0 fully saturated rings. The summed E-state index contributed by atoms with van der Waals surface area (Å²) < 4.78 is 5.00. The molecule has 0 saturated carbocycles. The van der Waals surface area contributed by atoms with E-state index < -0.39 is 0 Å². The van der Waals surface area contributed by atoms with Crippen molar-refractivity contribution in [1.29, 1.82) is 0 Å². The van der Waals surface area contributed by atoms with Gasteiger partial charge in [0.25, 0.3) is 0 Å². The molecule has 0 atom stereocenters. The standard InChI is InChI=1S/C15H15NO3/c1-19-14-6-5-11(15(18)10-14)8-13(17)9-12-4-2-3-7-16-12/h2-7,10,18H,8-9H2,1H3. The summed E-state index contributed by atoms with van der Waals surface area (Å²) in [4.78, 5) is 16.0. The highest BCUT2D eigenvalue weighted by Gasteiger charge is 2.10. The van der Waals surface area contributed by atoms with E-state index in [9.17, 15) is 9.90 Å². The molecule has 1 N–H and O–H groups in total. The maximum atomic E-state index is 11.9. The number of phenolic OH excluding ortho intramolecular Hbond substituents is 1. The van der Waals surface area contributed by atoms with Crippen LogP contribution in [0.25, 0.3) is 0 Å². The Morgan fingerprint density at radius 2 is 2.11 bits per heavy atom. The molecular weight excluding hydrogens is 242 g/mol. The highest BCUT2D eigenvalue weighted by Crippen LogP contribution is 2.24. The number of carbonyl (C=O) groups excluding carboxylic acids is 1. The second-order valence-corrected chi connectivity index (χ2v) is 4.21. The zero-order valence-corrected chi connectivity index (χ0v) is 10.7. The van der Waals surface area contributed by atoms with Crippen LogP contribution < -0.4 is 4.74 Å². The summed E-state index contributed by atoms with van der Waals surface area (Å²) >= 11 is 0. The molecule has 0 spiro atoms. The molecule has 2 rings (SSSR count). The van der Waals surface area contributed by atoms with Gasteiger partial charge in [0, 0.05) is 36.4 Å². The molecule has 98 valence electrons. The van der Waals surface area contributed by atoms with Crippen LogP contribution in [-0.2, 0) is 17.6 Å². The van der Waals surface area contributed by atoms with Gasteiger partial charge in [0.1, 0.15) is 17.3 Å². The molecule has 4 nitrogen and oxygen atoms in total. The van der Waals surface area contributed by atoms with Crippen LogP contribution in [0.1, 0.15) is 11.3 Å². The molecule has 0 aliphatic heterocycles. The zero-order valence-electron chi connectivity index (χ0n) is 10.7. The Morgan fingerprint density at radius 3 is 2.74 bits per heavy atom. The summed E-state index contributed by atoms with van der Waals surface area (Å²) in [5, 5.41) is 9.79. The number of ether oxygens (including phenoxy) is 1. The van der Waals surface area contributed by atoms with Crippen molar-refractivity contribution < 1.29 is 14.6 Å². The lowest BCUT2D eigenvalue weighted by molar-refractivity contribution is -0.117. The minimum absolute atomic E-state index is 0.0131. The molecular formula is C15H15NO3. The molecule has 0 aliphatic carbocycles. The second kappa shape index (κ2) is 6.00. The van der Waals surface area contributed by atoms with Gasteiger partial charge in [-0.3, -0.25) is 9.78 Å². The molecule has 4 heteroatoms. The van der Waals surface area contributed by atoms with Gasteiger partial charge in [0.15, 0.2) is 0 Å². The number of phenols is 1. The van der Waals surface area contributed by atoms with E-state index >= 15 is 0 Å². The lowest BCUT2D eigenvalue weighted by Gasteiger charge is -2.06. The average Bonchev–Trinajstić information content (AvgIpc) is 2.42. The van der Waals surface area contributed by atoms with Gasteiger partial charge in [-0.25, -0.2) is 0 Å². The van der Waals surface area contributed by atoms with Gasteiger partial charge in [-0.05, 0) is 18.2 Å². The van der Waals surface area contributed by atoms with Crippen LogP contribution in [0.4, 0.5) is 0 Å². The predicted molar refractivity (Wildman–Crippen MR) is 71.3 cm³/mol. The molecule has 0 saturated heterocycles. The van der Waals surface area contributed by atoms with Gasteiger partial charge < -0.3 is 9.84 Å². The molecule has 0 aliphatic rings. The van der Waals surface area contributed by atoms with Crippen molar-refractivity contribution in [2.45, 2.75) is 12.8 Å². The van der Waals surface area contributed by atoms with Gasteiger partial charge >= 0.3 is 0 Å². The van der Waals surface area contributed by atoms with E-state index in [1.807, 2.05) is 18.2 Å². The maximum Gasteiger partial charge on any atom is 0.143 e. The molecule has 0 bridgehead atoms. The Morgan fingerprint density at radius 1 is 1.26 bits per heavy atom. The van der Waals surface area contributed by atoms with Crippen molar-refractivity contribution in [3.8, 4) is 11.5 Å². The number of carbonyl (C=O) groups is 1. The number of hydrogen-bond donors (Lipinski definition) is 1. The van der Waals surface area contributed by atoms with Gasteiger partial charge in [0.05, 0.1) is 7.11 Å². The Balaban J connectivity index is 2.03. The van der Waals surface area contributed by atoms with Crippen molar-refractivity contribution >= 4 is 5.78 Å². The number of ketones is 1. The van der Waals surface area contributed by atoms with Crippen molar-refractivity contribution in [1.82, 2.24) is 4.98 Å². The maximum absolute atomic E-state index is 11.9. The minimum atomic E-state index is 0.0131. The monoisotopic (exact) mass is 257 g/mol. The second-order valence-electron chi connectivity index (χ2n) is 4.21. The molecule has 1 aromatic heterocycles. The van der Waals surface area contributed by atoms with Crippen LogP contribution >= 0.6 is 0 Å². The first-order valence-electron chi connectivity index (χ1n) is 5.96. The number of rotatable bonds is 5. The summed E-state index contributed by atoms with van der Waals surface area (Å²) in [6.45, 7) is 0. The minimum Gasteiger partial charge on any atom is -0.508 e. The smallest absolute Gasteiger partial charge is 0.143 e. The number of aromatic hydroxyl groups is 1. The highest BCUT2D eigenvalue weighted by atomic mass is 16.5. The van der Waals surface area contributed by atoms with Gasteiger partial charge in [-0.2, -0.15) is 0 Å². The molecule has 0 radical (unpaired) electrons. The van der Waals surface area contributed by atoms with Crippen molar-refractivity contribution in [3.63, 3.8) is 0 Å². The van der Waals surface area contributed by atoms with Crippen molar-refractivity contribution in [2.75, 3.05) is 7.11 Å². The third-order valence-corrected chi connectivity index (χ3v) is 2.78. The fourth-order valence-electron chi connectivity index (χ4n) is 1.80. The number of hydrogen-bond acceptors (Lipinski definition) is 4. The largest absolute Gasteiger partial charge is 0.508 e. The summed E-state index contributed by atoms with van der Waals surface area (Å²) in [5.41, 5.74) is 1.34. The number of nitrogens with zero attached hydrogens (tertiary/aromatic N) is 1. The fraction of sp³-hybridized carbons (Fsp3) is 0.200. The average molecular weight is 257 g/mol. The molecule has 0 unspecified atom stereocenters. The molecule has 19 heavy (non-hydrogen) atoms. The molecule has 0 amide bonds.